The summed E-state index contributed by atoms with van der Waals surface area (Å²) in [6.45, 7) is 8.17. The van der Waals surface area contributed by atoms with Crippen molar-refractivity contribution in [2.45, 2.75) is 39.2 Å². The quantitative estimate of drug-likeness (QED) is 0.692. The molecule has 1 atom stereocenters. The molecule has 1 fully saturated rings. The summed E-state index contributed by atoms with van der Waals surface area (Å²) in [5.74, 6) is 0.885. The van der Waals surface area contributed by atoms with Crippen molar-refractivity contribution in [2.24, 2.45) is 11.7 Å². The predicted molar refractivity (Wildman–Crippen MR) is 53.1 cm³/mol. The maximum Gasteiger partial charge on any atom is 0.0180 e. The Hall–Kier alpha value is -0.0800. The highest BCUT2D eigenvalue weighted by Gasteiger charge is 2.20. The van der Waals surface area contributed by atoms with Crippen LogP contribution in [0.4, 0.5) is 0 Å². The maximum absolute atomic E-state index is 5.84. The molecule has 1 aliphatic rings. The molecular formula is C10H22N2. The fourth-order valence-electron chi connectivity index (χ4n) is 1.94. The minimum atomic E-state index is 0.444. The number of hydrogen-bond acceptors (Lipinski definition) is 2. The monoisotopic (exact) mass is 170 g/mol. The third kappa shape index (κ3) is 2.76. The molecule has 12 heavy (non-hydrogen) atoms. The highest BCUT2D eigenvalue weighted by molar-refractivity contribution is 4.78. The van der Waals surface area contributed by atoms with Crippen LogP contribution in [0.5, 0.6) is 0 Å². The molecule has 1 heterocycles. The van der Waals surface area contributed by atoms with Gasteiger partial charge >= 0.3 is 0 Å². The van der Waals surface area contributed by atoms with E-state index in [2.05, 4.69) is 18.7 Å². The summed E-state index contributed by atoms with van der Waals surface area (Å²) in [6, 6.07) is 0.444. The standard InChI is InChI=1S/C10H22N2/c1-3-9(4-2)7-12-6-5-10(11)8-12/h9-10H,3-8,11H2,1-2H3. The largest absolute Gasteiger partial charge is 0.326 e. The Balaban J connectivity index is 2.21. The Morgan fingerprint density at radius 1 is 1.42 bits per heavy atom. The fourth-order valence-corrected chi connectivity index (χ4v) is 1.94. The molecule has 0 aromatic heterocycles. The predicted octanol–water partition coefficient (Wildman–Crippen LogP) is 1.46. The van der Waals surface area contributed by atoms with Gasteiger partial charge in [0.25, 0.3) is 0 Å². The zero-order valence-electron chi connectivity index (χ0n) is 8.42. The first-order valence-corrected chi connectivity index (χ1v) is 5.24. The Labute approximate surface area is 76.1 Å². The summed E-state index contributed by atoms with van der Waals surface area (Å²) in [5, 5.41) is 0. The van der Waals surface area contributed by atoms with Crippen LogP contribution in [-0.4, -0.2) is 30.6 Å². The van der Waals surface area contributed by atoms with E-state index in [1.54, 1.807) is 0 Å². The average Bonchev–Trinajstić information content (AvgIpc) is 2.47. The van der Waals surface area contributed by atoms with E-state index in [9.17, 15) is 0 Å². The maximum atomic E-state index is 5.84. The van der Waals surface area contributed by atoms with Crippen molar-refractivity contribution in [1.82, 2.24) is 4.90 Å². The first-order valence-electron chi connectivity index (χ1n) is 5.24. The molecule has 72 valence electrons. The minimum Gasteiger partial charge on any atom is -0.326 e. The van der Waals surface area contributed by atoms with Gasteiger partial charge < -0.3 is 10.6 Å². The Morgan fingerprint density at radius 2 is 2.08 bits per heavy atom. The van der Waals surface area contributed by atoms with Crippen molar-refractivity contribution < 1.29 is 0 Å². The van der Waals surface area contributed by atoms with E-state index < -0.39 is 0 Å². The van der Waals surface area contributed by atoms with Gasteiger partial charge in [-0.05, 0) is 18.9 Å². The van der Waals surface area contributed by atoms with Crippen LogP contribution in [0.25, 0.3) is 0 Å². The molecule has 0 aliphatic carbocycles. The highest BCUT2D eigenvalue weighted by atomic mass is 15.2. The molecule has 0 amide bonds. The normalized spacial score (nSPS) is 25.5. The molecule has 0 radical (unpaired) electrons. The average molecular weight is 170 g/mol. The van der Waals surface area contributed by atoms with Gasteiger partial charge in [-0.2, -0.15) is 0 Å². The van der Waals surface area contributed by atoms with Gasteiger partial charge in [0.05, 0.1) is 0 Å². The molecule has 0 bridgehead atoms. The van der Waals surface area contributed by atoms with Crippen molar-refractivity contribution in [2.75, 3.05) is 19.6 Å². The summed E-state index contributed by atoms with van der Waals surface area (Å²) in [6.07, 6.45) is 3.81. The lowest BCUT2D eigenvalue weighted by molar-refractivity contribution is 0.266. The second-order valence-electron chi connectivity index (χ2n) is 3.99. The third-order valence-electron chi connectivity index (χ3n) is 2.98. The topological polar surface area (TPSA) is 29.3 Å². The van der Waals surface area contributed by atoms with Crippen LogP contribution in [0.15, 0.2) is 0 Å². The van der Waals surface area contributed by atoms with Crippen LogP contribution in [0.1, 0.15) is 33.1 Å². The van der Waals surface area contributed by atoms with E-state index in [0.29, 0.717) is 6.04 Å². The number of nitrogens with two attached hydrogens (primary N) is 1. The number of hydrogen-bond donors (Lipinski definition) is 1. The van der Waals surface area contributed by atoms with Gasteiger partial charge in [-0.25, -0.2) is 0 Å². The lowest BCUT2D eigenvalue weighted by Gasteiger charge is -2.21. The minimum absolute atomic E-state index is 0.444. The lowest BCUT2D eigenvalue weighted by atomic mass is 10.0. The van der Waals surface area contributed by atoms with Crippen molar-refractivity contribution in [1.29, 1.82) is 0 Å². The van der Waals surface area contributed by atoms with Crippen molar-refractivity contribution in [3.8, 4) is 0 Å². The van der Waals surface area contributed by atoms with Gasteiger partial charge in [-0.3, -0.25) is 0 Å². The third-order valence-corrected chi connectivity index (χ3v) is 2.98. The smallest absolute Gasteiger partial charge is 0.0180 e. The lowest BCUT2D eigenvalue weighted by Crippen LogP contribution is -2.30. The highest BCUT2D eigenvalue weighted by Crippen LogP contribution is 2.14. The van der Waals surface area contributed by atoms with E-state index in [4.69, 9.17) is 5.73 Å². The molecule has 1 unspecified atom stereocenters. The number of rotatable bonds is 4. The van der Waals surface area contributed by atoms with Crippen LogP contribution in [0.3, 0.4) is 0 Å². The molecular weight excluding hydrogens is 148 g/mol. The summed E-state index contributed by atoms with van der Waals surface area (Å²) >= 11 is 0. The fraction of sp³-hybridized carbons (Fsp3) is 1.00. The molecule has 1 aliphatic heterocycles. The van der Waals surface area contributed by atoms with Gasteiger partial charge in [0.2, 0.25) is 0 Å². The van der Waals surface area contributed by atoms with E-state index in [0.717, 1.165) is 12.5 Å². The van der Waals surface area contributed by atoms with E-state index in [-0.39, 0.29) is 0 Å². The van der Waals surface area contributed by atoms with Crippen molar-refractivity contribution >= 4 is 0 Å². The van der Waals surface area contributed by atoms with Gasteiger partial charge in [0.1, 0.15) is 0 Å². The number of nitrogens with zero attached hydrogens (tertiary/aromatic N) is 1. The second kappa shape index (κ2) is 4.83. The van der Waals surface area contributed by atoms with Gasteiger partial charge in [-0.1, -0.05) is 26.7 Å². The molecule has 2 N–H and O–H groups in total. The zero-order chi connectivity index (χ0) is 8.97. The zero-order valence-corrected chi connectivity index (χ0v) is 8.42. The van der Waals surface area contributed by atoms with E-state index in [1.807, 2.05) is 0 Å². The van der Waals surface area contributed by atoms with Crippen LogP contribution in [0.2, 0.25) is 0 Å². The van der Waals surface area contributed by atoms with Gasteiger partial charge in [-0.15, -0.1) is 0 Å². The Kier molecular flexibility index (Phi) is 4.02. The van der Waals surface area contributed by atoms with E-state index in [1.165, 1.54) is 32.4 Å². The van der Waals surface area contributed by atoms with Crippen LogP contribution in [-0.2, 0) is 0 Å². The van der Waals surface area contributed by atoms with Crippen LogP contribution < -0.4 is 5.73 Å². The van der Waals surface area contributed by atoms with E-state index >= 15 is 0 Å². The first-order chi connectivity index (χ1) is 5.76. The summed E-state index contributed by atoms with van der Waals surface area (Å²) in [5.41, 5.74) is 5.84. The molecule has 0 saturated carbocycles. The SMILES string of the molecule is CCC(CC)CN1CCC(N)C1. The van der Waals surface area contributed by atoms with Gasteiger partial charge in [0, 0.05) is 19.1 Å². The van der Waals surface area contributed by atoms with Crippen LogP contribution in [0, 0.1) is 5.92 Å². The summed E-state index contributed by atoms with van der Waals surface area (Å²) in [7, 11) is 0. The molecule has 2 heteroatoms. The summed E-state index contributed by atoms with van der Waals surface area (Å²) < 4.78 is 0. The first kappa shape index (κ1) is 10.0. The molecule has 1 saturated heterocycles. The molecule has 0 aromatic carbocycles. The van der Waals surface area contributed by atoms with Gasteiger partial charge in [0.15, 0.2) is 0 Å². The number of likely N-dealkylation sites (tertiary alicyclic amines) is 1. The Bertz CT molecular complexity index is 121. The summed E-state index contributed by atoms with van der Waals surface area (Å²) in [4.78, 5) is 2.52. The Morgan fingerprint density at radius 3 is 2.50 bits per heavy atom. The molecule has 2 nitrogen and oxygen atoms in total. The second-order valence-corrected chi connectivity index (χ2v) is 3.99. The van der Waals surface area contributed by atoms with Crippen molar-refractivity contribution in [3.63, 3.8) is 0 Å². The van der Waals surface area contributed by atoms with Crippen molar-refractivity contribution in [3.05, 3.63) is 0 Å². The molecule has 0 aromatic rings. The van der Waals surface area contributed by atoms with Crippen LogP contribution >= 0.6 is 0 Å². The molecule has 0 spiro atoms. The molecule has 1 rings (SSSR count).